The Morgan fingerprint density at radius 1 is 1.15 bits per heavy atom. The third-order valence-electron chi connectivity index (χ3n) is 5.21. The number of carboxylic acids is 1. The molecule has 0 amide bonds. The van der Waals surface area contributed by atoms with Crippen LogP contribution < -0.4 is 5.09 Å². The quantitative estimate of drug-likeness (QED) is 0.0754. The van der Waals surface area contributed by atoms with Crippen LogP contribution in [0.5, 0.6) is 0 Å². The fourth-order valence-electron chi connectivity index (χ4n) is 3.68. The number of hydrogen-bond acceptors (Lipinski definition) is 3. The molecule has 174 valence electrons. The summed E-state index contributed by atoms with van der Waals surface area (Å²) in [7, 11) is 0. The molecule has 0 saturated heterocycles. The zero-order valence-corrected chi connectivity index (χ0v) is 22.1. The maximum atomic E-state index is 13.8. The van der Waals surface area contributed by atoms with Gasteiger partial charge in [-0.15, -0.1) is 0 Å². The van der Waals surface area contributed by atoms with E-state index in [0.717, 1.165) is 50.7 Å². The lowest BCUT2D eigenvalue weighted by molar-refractivity contribution is -0.131. The van der Waals surface area contributed by atoms with Gasteiger partial charge >= 0.3 is 5.97 Å². The van der Waals surface area contributed by atoms with Crippen molar-refractivity contribution in [2.75, 3.05) is 5.09 Å². The van der Waals surface area contributed by atoms with Gasteiger partial charge in [0, 0.05) is 29.9 Å². The fraction of sp³-hybridized carbons (Fsp3) is 0.0769. The molecule has 0 aliphatic rings. The van der Waals surface area contributed by atoms with E-state index in [4.69, 9.17) is 22.1 Å². The van der Waals surface area contributed by atoms with E-state index in [0.29, 0.717) is 17.8 Å². The lowest BCUT2D eigenvalue weighted by Crippen LogP contribution is -1.99. The van der Waals surface area contributed by atoms with Crippen LogP contribution in [0.2, 0.25) is 5.02 Å². The molecule has 0 aliphatic carbocycles. The van der Waals surface area contributed by atoms with Crippen molar-refractivity contribution < 1.29 is 14.3 Å². The second kappa shape index (κ2) is 12.2. The molecule has 0 aromatic heterocycles. The summed E-state index contributed by atoms with van der Waals surface area (Å²) >= 11 is 8.70. The van der Waals surface area contributed by atoms with E-state index in [2.05, 4.69) is 27.1 Å². The molecule has 1 atom stereocenters. The first-order valence-electron chi connectivity index (χ1n) is 10.3. The van der Waals surface area contributed by atoms with Crippen molar-refractivity contribution in [3.8, 4) is 0 Å². The van der Waals surface area contributed by atoms with Gasteiger partial charge in [-0.2, -0.15) is 0 Å². The van der Waals surface area contributed by atoms with Crippen LogP contribution in [0.1, 0.15) is 41.2 Å². The van der Waals surface area contributed by atoms with Crippen LogP contribution >= 0.6 is 40.0 Å². The number of hydrogen-bond donors (Lipinski definition) is 3. The first-order valence-corrected chi connectivity index (χ1v) is 14.8. The van der Waals surface area contributed by atoms with Crippen LogP contribution in [0.4, 0.5) is 10.1 Å². The third-order valence-corrected chi connectivity index (χ3v) is 6.69. The van der Waals surface area contributed by atoms with E-state index in [-0.39, 0.29) is 0 Å². The highest BCUT2D eigenvalue weighted by Gasteiger charge is 2.17. The second-order valence-electron chi connectivity index (χ2n) is 7.29. The van der Waals surface area contributed by atoms with Gasteiger partial charge in [0.2, 0.25) is 0 Å². The molecule has 8 heteroatoms. The number of aliphatic carboxylic acids is 1. The van der Waals surface area contributed by atoms with Gasteiger partial charge in [-0.3, -0.25) is 0 Å². The zero-order valence-electron chi connectivity index (χ0n) is 18.2. The molecule has 4 nitrogen and oxygen atoms in total. The number of allylic oxidation sites excluding steroid dienone is 1. The highest BCUT2D eigenvalue weighted by Crippen LogP contribution is 2.39. The Morgan fingerprint density at radius 3 is 2.44 bits per heavy atom. The minimum absolute atomic E-state index is 0.326. The Hall–Kier alpha value is -2.54. The molecule has 3 aromatic rings. The first kappa shape index (κ1) is 26.1. The summed E-state index contributed by atoms with van der Waals surface area (Å²) in [4.78, 5) is 10.9. The van der Waals surface area contributed by atoms with E-state index in [9.17, 15) is 9.18 Å². The number of halogens is 3. The minimum atomic E-state index is -1.01. The lowest BCUT2D eigenvalue weighted by Gasteiger charge is -2.19. The maximum absolute atomic E-state index is 13.8. The van der Waals surface area contributed by atoms with Crippen molar-refractivity contribution in [3.63, 3.8) is 0 Å². The van der Waals surface area contributed by atoms with Crippen LogP contribution in [-0.4, -0.2) is 17.3 Å². The molecular weight excluding hydrogens is 585 g/mol. The normalized spacial score (nSPS) is 12.2. The number of rotatable bonds is 9. The van der Waals surface area contributed by atoms with Crippen molar-refractivity contribution in [1.82, 2.24) is 0 Å². The fourth-order valence-corrected chi connectivity index (χ4v) is 5.16. The van der Waals surface area contributed by atoms with Crippen molar-refractivity contribution in [2.45, 2.75) is 13.3 Å². The highest BCUT2D eigenvalue weighted by atomic mass is 127. The standard InChI is InChI=1S/C26H22ClFIN2O2P/c1-2-21(22-10-9-20(28)14-23(22)27)26(17-6-3-16(4-7-17)5-12-25(32)33)18-8-11-24(31-34-29)19(13-18)15-30/h3-15,30-31,34H,2H2,1H3,(H,32,33)/b12-5+,26-21+,30-15?. The van der Waals surface area contributed by atoms with Crippen LogP contribution in [0, 0.1) is 11.2 Å². The van der Waals surface area contributed by atoms with Crippen molar-refractivity contribution in [1.29, 1.82) is 5.41 Å². The van der Waals surface area contributed by atoms with Crippen molar-refractivity contribution >= 4 is 75.1 Å². The van der Waals surface area contributed by atoms with Crippen molar-refractivity contribution in [2.24, 2.45) is 0 Å². The van der Waals surface area contributed by atoms with E-state index < -0.39 is 11.8 Å². The Labute approximate surface area is 217 Å². The molecule has 0 radical (unpaired) electrons. The second-order valence-corrected chi connectivity index (χ2v) is 9.76. The molecular formula is C26H22ClFIN2O2P. The topological polar surface area (TPSA) is 73.2 Å². The van der Waals surface area contributed by atoms with Gasteiger partial charge in [0.15, 0.2) is 0 Å². The largest absolute Gasteiger partial charge is 0.478 e. The predicted octanol–water partition coefficient (Wildman–Crippen LogP) is 8.30. The average molecular weight is 607 g/mol. The Bertz CT molecular complexity index is 1280. The molecule has 0 fully saturated rings. The molecule has 0 spiro atoms. The molecule has 1 unspecified atom stereocenters. The first-order chi connectivity index (χ1) is 16.4. The van der Waals surface area contributed by atoms with Crippen molar-refractivity contribution in [3.05, 3.63) is 105 Å². The summed E-state index contributed by atoms with van der Waals surface area (Å²) in [6.07, 6.45) is 5.05. The van der Waals surface area contributed by atoms with Gasteiger partial charge in [-0.1, -0.05) is 54.9 Å². The molecule has 0 saturated carbocycles. The number of benzene rings is 3. The smallest absolute Gasteiger partial charge is 0.328 e. The minimum Gasteiger partial charge on any atom is -0.478 e. The third kappa shape index (κ3) is 6.32. The van der Waals surface area contributed by atoms with Gasteiger partial charge in [0.1, 0.15) is 5.82 Å². The van der Waals surface area contributed by atoms with Gasteiger partial charge in [0.25, 0.3) is 0 Å². The highest BCUT2D eigenvalue weighted by molar-refractivity contribution is 14.2. The molecule has 3 rings (SSSR count). The van der Waals surface area contributed by atoms with Crippen LogP contribution in [0.25, 0.3) is 17.2 Å². The zero-order chi connectivity index (χ0) is 24.7. The molecule has 34 heavy (non-hydrogen) atoms. The number of carbonyl (C=O) groups is 1. The van der Waals surface area contributed by atoms with Gasteiger partial charge in [-0.25, -0.2) is 9.18 Å². The predicted molar refractivity (Wildman–Crippen MR) is 151 cm³/mol. The van der Waals surface area contributed by atoms with E-state index in [1.54, 1.807) is 6.07 Å². The summed E-state index contributed by atoms with van der Waals surface area (Å²) in [5.74, 6) is -1.41. The summed E-state index contributed by atoms with van der Waals surface area (Å²) < 4.78 is 13.8. The molecule has 0 bridgehead atoms. The van der Waals surface area contributed by atoms with Crippen LogP contribution in [0.3, 0.4) is 0 Å². The van der Waals surface area contributed by atoms with Crippen LogP contribution in [0.15, 0.2) is 66.7 Å². The summed E-state index contributed by atoms with van der Waals surface area (Å²) in [6, 6.07) is 17.8. The van der Waals surface area contributed by atoms with Gasteiger partial charge in [0.05, 0.1) is 5.02 Å². The van der Waals surface area contributed by atoms with Crippen LogP contribution in [-0.2, 0) is 4.79 Å². The Balaban J connectivity index is 2.26. The summed E-state index contributed by atoms with van der Waals surface area (Å²) in [5.41, 5.74) is 6.76. The van der Waals surface area contributed by atoms with Gasteiger partial charge < -0.3 is 15.6 Å². The summed E-state index contributed by atoms with van der Waals surface area (Å²) in [5, 5.41) is 20.4. The van der Waals surface area contributed by atoms with E-state index >= 15 is 0 Å². The number of anilines is 1. The average Bonchev–Trinajstić information content (AvgIpc) is 2.83. The maximum Gasteiger partial charge on any atom is 0.328 e. The van der Waals surface area contributed by atoms with E-state index in [1.165, 1.54) is 24.4 Å². The van der Waals surface area contributed by atoms with Gasteiger partial charge in [-0.05, 0) is 92.2 Å². The molecule has 0 heterocycles. The number of nitrogens with one attached hydrogen (secondary N) is 2. The Morgan fingerprint density at radius 2 is 1.85 bits per heavy atom. The summed E-state index contributed by atoms with van der Waals surface area (Å²) in [6.45, 7) is 2.02. The van der Waals surface area contributed by atoms with E-state index in [1.807, 2.05) is 49.4 Å². The molecule has 0 aliphatic heterocycles. The molecule has 3 aromatic carbocycles. The Kier molecular flexibility index (Phi) is 9.39. The monoisotopic (exact) mass is 606 g/mol. The lowest BCUT2D eigenvalue weighted by atomic mass is 9.87. The number of carboxylic acid groups (broad SMARTS) is 1. The SMILES string of the molecule is CC/C(=C(/c1ccc(/C=C/C(=O)O)cc1)c1ccc(NPI)c(C=N)c1)c1ccc(F)cc1Cl. The molecule has 3 N–H and O–H groups in total.